The van der Waals surface area contributed by atoms with Crippen molar-refractivity contribution in [3.05, 3.63) is 107 Å². The lowest BCUT2D eigenvalue weighted by Gasteiger charge is -2.37. The normalized spacial score (nSPS) is 19.2. The van der Waals surface area contributed by atoms with Gasteiger partial charge in [-0.05, 0) is 18.6 Å². The molecule has 0 fully saturated rings. The van der Waals surface area contributed by atoms with Crippen LogP contribution in [0.4, 0.5) is 0 Å². The molecule has 27 heavy (non-hydrogen) atoms. The average molecular weight is 356 g/mol. The molecule has 0 N–H and O–H groups in total. The topological polar surface area (TPSA) is 43.4 Å². The molecule has 1 aliphatic rings. The van der Waals surface area contributed by atoms with Crippen LogP contribution >= 0.6 is 0 Å². The van der Waals surface area contributed by atoms with E-state index in [0.29, 0.717) is 5.56 Å². The molecule has 3 heteroatoms. The van der Waals surface area contributed by atoms with Gasteiger partial charge in [0.1, 0.15) is 5.78 Å². The van der Waals surface area contributed by atoms with Crippen LogP contribution in [0.3, 0.4) is 0 Å². The van der Waals surface area contributed by atoms with E-state index < -0.39 is 5.60 Å². The number of benzene rings is 3. The van der Waals surface area contributed by atoms with Gasteiger partial charge in [-0.1, -0.05) is 78.9 Å². The Bertz CT molecular complexity index is 979. The zero-order chi connectivity index (χ0) is 18.9. The Labute approximate surface area is 158 Å². The Hall–Kier alpha value is -3.20. The number of rotatable bonds is 5. The number of fused-ring (bicyclic) bond motifs is 1. The summed E-state index contributed by atoms with van der Waals surface area (Å²) in [6, 6.07) is 27.0. The third-order valence-electron chi connectivity index (χ3n) is 5.19. The van der Waals surface area contributed by atoms with Crippen molar-refractivity contribution >= 4 is 11.8 Å². The number of ether oxygens (including phenoxy) is 1. The molecular weight excluding hydrogens is 336 g/mol. The molecule has 3 aromatic rings. The fourth-order valence-corrected chi connectivity index (χ4v) is 4.07. The fraction of sp³-hybridized carbons (Fsp3) is 0.167. The molecule has 2 atom stereocenters. The predicted octanol–water partition coefficient (Wildman–Crippen LogP) is 4.86. The Kier molecular flexibility index (Phi) is 4.36. The number of hydrogen-bond acceptors (Lipinski definition) is 3. The van der Waals surface area contributed by atoms with Crippen molar-refractivity contribution in [2.75, 3.05) is 0 Å². The monoisotopic (exact) mass is 356 g/mol. The summed E-state index contributed by atoms with van der Waals surface area (Å²) in [6.07, 6.45) is 0.278. The van der Waals surface area contributed by atoms with Crippen molar-refractivity contribution in [3.63, 3.8) is 0 Å². The van der Waals surface area contributed by atoms with Gasteiger partial charge in [0.05, 0.1) is 5.56 Å². The van der Waals surface area contributed by atoms with Crippen LogP contribution in [-0.2, 0) is 15.1 Å². The molecule has 1 heterocycles. The van der Waals surface area contributed by atoms with Gasteiger partial charge >= 0.3 is 5.97 Å². The maximum Gasteiger partial charge on any atom is 0.339 e. The zero-order valence-electron chi connectivity index (χ0n) is 15.1. The van der Waals surface area contributed by atoms with Crippen molar-refractivity contribution in [1.82, 2.24) is 0 Å². The molecule has 0 spiro atoms. The minimum absolute atomic E-state index is 0.0552. The van der Waals surface area contributed by atoms with Gasteiger partial charge in [-0.2, -0.15) is 0 Å². The summed E-state index contributed by atoms with van der Waals surface area (Å²) >= 11 is 0. The Balaban J connectivity index is 2.02. The zero-order valence-corrected chi connectivity index (χ0v) is 15.1. The molecule has 3 aromatic carbocycles. The summed E-state index contributed by atoms with van der Waals surface area (Å²) in [6.45, 7) is 1.58. The maximum absolute atomic E-state index is 12.8. The molecule has 0 saturated carbocycles. The lowest BCUT2D eigenvalue weighted by molar-refractivity contribution is -0.118. The second kappa shape index (κ2) is 6.84. The lowest BCUT2D eigenvalue weighted by atomic mass is 9.71. The second-order valence-electron chi connectivity index (χ2n) is 6.91. The van der Waals surface area contributed by atoms with Crippen LogP contribution in [0, 0.1) is 0 Å². The molecule has 0 aromatic heterocycles. The SMILES string of the molecule is CC(=O)C[C@@H](c1ccccc1)[C@]1(c2ccccc2)OC(=O)c2ccccc21. The summed E-state index contributed by atoms with van der Waals surface area (Å²) in [5.41, 5.74) is 2.20. The van der Waals surface area contributed by atoms with E-state index in [4.69, 9.17) is 4.74 Å². The number of carbonyl (C=O) groups is 2. The van der Waals surface area contributed by atoms with Gasteiger partial charge in [-0.25, -0.2) is 4.79 Å². The van der Waals surface area contributed by atoms with Gasteiger partial charge in [0.25, 0.3) is 0 Å². The van der Waals surface area contributed by atoms with E-state index in [9.17, 15) is 9.59 Å². The molecule has 0 saturated heterocycles. The molecule has 134 valence electrons. The van der Waals surface area contributed by atoms with E-state index in [1.165, 1.54) is 0 Å². The summed E-state index contributed by atoms with van der Waals surface area (Å²) in [7, 11) is 0. The largest absolute Gasteiger partial charge is 0.445 e. The highest BCUT2D eigenvalue weighted by Crippen LogP contribution is 2.52. The molecule has 1 aliphatic heterocycles. The average Bonchev–Trinajstić information content (AvgIpc) is 3.01. The molecule has 0 aliphatic carbocycles. The molecule has 0 amide bonds. The molecule has 3 nitrogen and oxygen atoms in total. The summed E-state index contributed by atoms with van der Waals surface area (Å²) in [5.74, 6) is -0.607. The van der Waals surface area contributed by atoms with Gasteiger partial charge < -0.3 is 9.53 Å². The van der Waals surface area contributed by atoms with E-state index in [1.54, 1.807) is 13.0 Å². The molecule has 4 rings (SSSR count). The van der Waals surface area contributed by atoms with Gasteiger partial charge in [0.15, 0.2) is 5.60 Å². The van der Waals surface area contributed by atoms with Crippen molar-refractivity contribution in [2.24, 2.45) is 0 Å². The van der Waals surface area contributed by atoms with Crippen LogP contribution in [0.5, 0.6) is 0 Å². The number of Topliss-reactive ketones (excluding diaryl/α,β-unsaturated/α-hetero) is 1. The summed E-state index contributed by atoms with van der Waals surface area (Å²) in [4.78, 5) is 25.0. The van der Waals surface area contributed by atoms with Gasteiger partial charge in [0, 0.05) is 23.5 Å². The standard InChI is InChI=1S/C24H20O3/c1-17(25)16-22(18-10-4-2-5-11-18)24(19-12-6-3-7-13-19)21-15-9-8-14-20(21)23(26)27-24/h2-15,22H,16H2,1H3/t22-,24+/m0/s1. The number of cyclic esters (lactones) is 1. The maximum atomic E-state index is 12.8. The molecule has 0 bridgehead atoms. The van der Waals surface area contributed by atoms with Crippen molar-refractivity contribution in [1.29, 1.82) is 0 Å². The minimum atomic E-state index is -1.03. The van der Waals surface area contributed by atoms with Crippen LogP contribution in [0.2, 0.25) is 0 Å². The first kappa shape index (κ1) is 17.2. The summed E-state index contributed by atoms with van der Waals surface area (Å²) < 4.78 is 6.13. The first-order valence-electron chi connectivity index (χ1n) is 9.05. The Morgan fingerprint density at radius 2 is 1.48 bits per heavy atom. The van der Waals surface area contributed by atoms with Crippen LogP contribution in [0.1, 0.15) is 46.3 Å². The highest BCUT2D eigenvalue weighted by atomic mass is 16.6. The van der Waals surface area contributed by atoms with Crippen molar-refractivity contribution < 1.29 is 14.3 Å². The van der Waals surface area contributed by atoms with E-state index in [0.717, 1.165) is 16.7 Å². The Morgan fingerprint density at radius 1 is 0.889 bits per heavy atom. The smallest absolute Gasteiger partial charge is 0.339 e. The van der Waals surface area contributed by atoms with Crippen molar-refractivity contribution in [2.45, 2.75) is 24.9 Å². The highest BCUT2D eigenvalue weighted by molar-refractivity contribution is 5.96. The van der Waals surface area contributed by atoms with Gasteiger partial charge in [-0.15, -0.1) is 0 Å². The van der Waals surface area contributed by atoms with E-state index >= 15 is 0 Å². The number of carbonyl (C=O) groups excluding carboxylic acids is 2. The van der Waals surface area contributed by atoms with Crippen LogP contribution in [-0.4, -0.2) is 11.8 Å². The lowest BCUT2D eigenvalue weighted by Crippen LogP contribution is -2.36. The molecule has 0 unspecified atom stereocenters. The van der Waals surface area contributed by atoms with Crippen LogP contribution in [0.25, 0.3) is 0 Å². The van der Waals surface area contributed by atoms with E-state index in [1.807, 2.05) is 78.9 Å². The van der Waals surface area contributed by atoms with Gasteiger partial charge in [0.2, 0.25) is 0 Å². The fourth-order valence-electron chi connectivity index (χ4n) is 4.07. The quantitative estimate of drug-likeness (QED) is 0.613. The number of esters is 1. The van der Waals surface area contributed by atoms with E-state index in [2.05, 4.69) is 0 Å². The minimum Gasteiger partial charge on any atom is -0.445 e. The Morgan fingerprint density at radius 3 is 2.15 bits per heavy atom. The van der Waals surface area contributed by atoms with Crippen molar-refractivity contribution in [3.8, 4) is 0 Å². The predicted molar refractivity (Wildman–Crippen MR) is 104 cm³/mol. The molecule has 0 radical (unpaired) electrons. The third-order valence-corrected chi connectivity index (χ3v) is 5.19. The first-order valence-corrected chi connectivity index (χ1v) is 9.05. The first-order chi connectivity index (χ1) is 13.1. The van der Waals surface area contributed by atoms with Crippen LogP contribution in [0.15, 0.2) is 84.9 Å². The second-order valence-corrected chi connectivity index (χ2v) is 6.91. The summed E-state index contributed by atoms with van der Waals surface area (Å²) in [5, 5.41) is 0. The van der Waals surface area contributed by atoms with Crippen LogP contribution < -0.4 is 0 Å². The molecular formula is C24H20O3. The highest BCUT2D eigenvalue weighted by Gasteiger charge is 2.52. The number of ketones is 1. The third kappa shape index (κ3) is 2.85. The number of hydrogen-bond donors (Lipinski definition) is 0. The van der Waals surface area contributed by atoms with E-state index in [-0.39, 0.29) is 24.1 Å². The van der Waals surface area contributed by atoms with Gasteiger partial charge in [-0.3, -0.25) is 0 Å².